The lowest BCUT2D eigenvalue weighted by Gasteiger charge is -2.13. The van der Waals surface area contributed by atoms with Gasteiger partial charge in [-0.1, -0.05) is 23.7 Å². The first-order valence-electron chi connectivity index (χ1n) is 8.03. The smallest absolute Gasteiger partial charge is 0.277 e. The lowest BCUT2D eigenvalue weighted by molar-refractivity contribution is -0.123. The summed E-state index contributed by atoms with van der Waals surface area (Å²) < 4.78 is 16.3. The van der Waals surface area contributed by atoms with Crippen LogP contribution in [-0.2, 0) is 4.79 Å². The molecule has 0 fully saturated rings. The first-order valence-corrected chi connectivity index (χ1v) is 8.41. The summed E-state index contributed by atoms with van der Waals surface area (Å²) in [5.74, 6) is 1.29. The fraction of sp³-hybridized carbons (Fsp3) is 0.263. The highest BCUT2D eigenvalue weighted by Gasteiger charge is 2.07. The van der Waals surface area contributed by atoms with Gasteiger partial charge < -0.3 is 14.2 Å². The van der Waals surface area contributed by atoms with Gasteiger partial charge in [0.15, 0.2) is 18.1 Å². The van der Waals surface area contributed by atoms with Gasteiger partial charge >= 0.3 is 0 Å². The van der Waals surface area contributed by atoms with Crippen LogP contribution in [0.15, 0.2) is 47.6 Å². The van der Waals surface area contributed by atoms with Gasteiger partial charge in [-0.25, -0.2) is 5.43 Å². The Morgan fingerprint density at radius 3 is 2.65 bits per heavy atom. The number of carbonyl (C=O) groups is 1. The topological polar surface area (TPSA) is 69.2 Å². The molecule has 1 N–H and O–H groups in total. The summed E-state index contributed by atoms with van der Waals surface area (Å²) in [6.07, 6.45) is 1.55. The fourth-order valence-electron chi connectivity index (χ4n) is 2.03. The molecular weight excluding hydrogens is 356 g/mol. The van der Waals surface area contributed by atoms with Crippen LogP contribution >= 0.6 is 11.6 Å². The summed E-state index contributed by atoms with van der Waals surface area (Å²) in [6, 6.07) is 12.3. The Morgan fingerprint density at radius 1 is 1.19 bits per heavy atom. The SMILES string of the molecule is COc1cc(/C=N\NC(=O)COc2ccccc2Cl)ccc1OC(C)C. The van der Waals surface area contributed by atoms with Crippen molar-refractivity contribution in [2.24, 2.45) is 5.10 Å². The number of hydrogen-bond donors (Lipinski definition) is 1. The predicted octanol–water partition coefficient (Wildman–Crippen LogP) is 3.66. The minimum absolute atomic E-state index is 0.0424. The van der Waals surface area contributed by atoms with Crippen molar-refractivity contribution in [3.05, 3.63) is 53.1 Å². The van der Waals surface area contributed by atoms with E-state index in [2.05, 4.69) is 10.5 Å². The molecule has 0 bridgehead atoms. The van der Waals surface area contributed by atoms with Crippen molar-refractivity contribution >= 4 is 23.7 Å². The number of benzene rings is 2. The third kappa shape index (κ3) is 5.97. The maximum atomic E-state index is 11.8. The quantitative estimate of drug-likeness (QED) is 0.563. The summed E-state index contributed by atoms with van der Waals surface area (Å²) in [7, 11) is 1.57. The molecule has 0 saturated carbocycles. The normalized spacial score (nSPS) is 10.8. The van der Waals surface area contributed by atoms with Crippen molar-refractivity contribution in [1.29, 1.82) is 0 Å². The van der Waals surface area contributed by atoms with E-state index in [-0.39, 0.29) is 12.7 Å². The van der Waals surface area contributed by atoms with E-state index in [0.29, 0.717) is 22.3 Å². The Labute approximate surface area is 157 Å². The van der Waals surface area contributed by atoms with Crippen LogP contribution in [-0.4, -0.2) is 31.9 Å². The molecule has 0 aliphatic heterocycles. The fourth-order valence-corrected chi connectivity index (χ4v) is 2.22. The second-order valence-electron chi connectivity index (χ2n) is 5.59. The number of para-hydroxylation sites is 1. The Bertz CT molecular complexity index is 778. The van der Waals surface area contributed by atoms with Crippen molar-refractivity contribution in [3.63, 3.8) is 0 Å². The zero-order valence-electron chi connectivity index (χ0n) is 14.9. The molecule has 2 aromatic carbocycles. The van der Waals surface area contributed by atoms with Gasteiger partial charge in [-0.2, -0.15) is 5.10 Å². The zero-order chi connectivity index (χ0) is 18.9. The molecule has 1 amide bonds. The van der Waals surface area contributed by atoms with Gasteiger partial charge in [0.05, 0.1) is 24.5 Å². The minimum atomic E-state index is -0.395. The molecule has 0 aliphatic rings. The van der Waals surface area contributed by atoms with Crippen molar-refractivity contribution in [2.75, 3.05) is 13.7 Å². The Balaban J connectivity index is 1.89. The molecule has 0 atom stereocenters. The number of ether oxygens (including phenoxy) is 3. The first kappa shape index (κ1) is 19.6. The van der Waals surface area contributed by atoms with Crippen LogP contribution in [0.5, 0.6) is 17.2 Å². The number of nitrogens with one attached hydrogen (secondary N) is 1. The number of nitrogens with zero attached hydrogens (tertiary/aromatic N) is 1. The van der Waals surface area contributed by atoms with E-state index in [0.717, 1.165) is 5.56 Å². The average Bonchev–Trinajstić information content (AvgIpc) is 2.61. The highest BCUT2D eigenvalue weighted by molar-refractivity contribution is 6.32. The average molecular weight is 377 g/mol. The van der Waals surface area contributed by atoms with Crippen LogP contribution in [0.4, 0.5) is 0 Å². The van der Waals surface area contributed by atoms with E-state index in [1.165, 1.54) is 6.21 Å². The Kier molecular flexibility index (Phi) is 7.29. The van der Waals surface area contributed by atoms with Crippen molar-refractivity contribution < 1.29 is 19.0 Å². The first-order chi connectivity index (χ1) is 12.5. The molecule has 6 nitrogen and oxygen atoms in total. The van der Waals surface area contributed by atoms with Gasteiger partial charge in [-0.3, -0.25) is 4.79 Å². The lowest BCUT2D eigenvalue weighted by atomic mass is 10.2. The molecule has 26 heavy (non-hydrogen) atoms. The molecule has 0 aromatic heterocycles. The molecule has 0 unspecified atom stereocenters. The number of rotatable bonds is 8. The molecule has 0 saturated heterocycles. The molecule has 2 rings (SSSR count). The van der Waals surface area contributed by atoms with Crippen LogP contribution in [0.1, 0.15) is 19.4 Å². The van der Waals surface area contributed by atoms with E-state index < -0.39 is 5.91 Å². The predicted molar refractivity (Wildman–Crippen MR) is 101 cm³/mol. The second-order valence-corrected chi connectivity index (χ2v) is 6.00. The van der Waals surface area contributed by atoms with Crippen LogP contribution in [0.25, 0.3) is 0 Å². The minimum Gasteiger partial charge on any atom is -0.493 e. The molecule has 0 heterocycles. The van der Waals surface area contributed by atoms with Gasteiger partial charge in [0.25, 0.3) is 5.91 Å². The summed E-state index contributed by atoms with van der Waals surface area (Å²) in [5, 5.41) is 4.35. The third-order valence-electron chi connectivity index (χ3n) is 3.15. The van der Waals surface area contributed by atoms with E-state index >= 15 is 0 Å². The van der Waals surface area contributed by atoms with Crippen LogP contribution in [0.3, 0.4) is 0 Å². The lowest BCUT2D eigenvalue weighted by Crippen LogP contribution is -2.24. The molecule has 2 aromatic rings. The van der Waals surface area contributed by atoms with Crippen molar-refractivity contribution in [2.45, 2.75) is 20.0 Å². The van der Waals surface area contributed by atoms with Crippen LogP contribution in [0, 0.1) is 0 Å². The monoisotopic (exact) mass is 376 g/mol. The van der Waals surface area contributed by atoms with E-state index in [9.17, 15) is 4.79 Å². The number of halogens is 1. The largest absolute Gasteiger partial charge is 0.493 e. The Morgan fingerprint density at radius 2 is 1.96 bits per heavy atom. The summed E-state index contributed by atoms with van der Waals surface area (Å²) in [4.78, 5) is 11.8. The molecule has 0 aliphatic carbocycles. The standard InChI is InChI=1S/C19H21ClN2O4/c1-13(2)26-17-9-8-14(10-18(17)24-3)11-21-22-19(23)12-25-16-7-5-4-6-15(16)20/h4-11,13H,12H2,1-3H3,(H,22,23)/b21-11-. The summed E-state index contributed by atoms with van der Waals surface area (Å²) in [6.45, 7) is 3.69. The van der Waals surface area contributed by atoms with Crippen molar-refractivity contribution in [3.8, 4) is 17.2 Å². The number of hydrogen-bond acceptors (Lipinski definition) is 5. The van der Waals surface area contributed by atoms with Crippen molar-refractivity contribution in [1.82, 2.24) is 5.43 Å². The molecule has 7 heteroatoms. The number of hydrazone groups is 1. The van der Waals surface area contributed by atoms with E-state index in [1.807, 2.05) is 19.9 Å². The van der Waals surface area contributed by atoms with Gasteiger partial charge in [0.2, 0.25) is 0 Å². The number of amides is 1. The highest BCUT2D eigenvalue weighted by Crippen LogP contribution is 2.28. The van der Waals surface area contributed by atoms with Gasteiger partial charge in [0.1, 0.15) is 5.75 Å². The molecular formula is C19H21ClN2O4. The maximum absolute atomic E-state index is 11.8. The van der Waals surface area contributed by atoms with E-state index in [4.69, 9.17) is 25.8 Å². The zero-order valence-corrected chi connectivity index (χ0v) is 15.6. The van der Waals surface area contributed by atoms with Crippen LogP contribution < -0.4 is 19.6 Å². The number of methoxy groups -OCH3 is 1. The second kappa shape index (κ2) is 9.68. The van der Waals surface area contributed by atoms with Gasteiger partial charge in [0, 0.05) is 0 Å². The number of carbonyl (C=O) groups excluding carboxylic acids is 1. The van der Waals surface area contributed by atoms with Gasteiger partial charge in [-0.05, 0) is 49.7 Å². The molecule has 0 radical (unpaired) electrons. The van der Waals surface area contributed by atoms with Crippen LogP contribution in [0.2, 0.25) is 5.02 Å². The summed E-state index contributed by atoms with van der Waals surface area (Å²) in [5.41, 5.74) is 3.15. The molecule has 0 spiro atoms. The third-order valence-corrected chi connectivity index (χ3v) is 3.46. The Hall–Kier alpha value is -2.73. The molecule has 138 valence electrons. The highest BCUT2D eigenvalue weighted by atomic mass is 35.5. The van der Waals surface area contributed by atoms with Gasteiger partial charge in [-0.15, -0.1) is 0 Å². The van der Waals surface area contributed by atoms with E-state index in [1.54, 1.807) is 43.5 Å². The maximum Gasteiger partial charge on any atom is 0.277 e. The summed E-state index contributed by atoms with van der Waals surface area (Å²) >= 11 is 5.96.